The zero-order chi connectivity index (χ0) is 13.4. The SMILES string of the molecule is COCC(NCCOc1ccc(Br)cc1)C(C)C. The summed E-state index contributed by atoms with van der Waals surface area (Å²) in [7, 11) is 1.73. The van der Waals surface area contributed by atoms with Crippen LogP contribution in [0.15, 0.2) is 28.7 Å². The first-order chi connectivity index (χ1) is 8.63. The van der Waals surface area contributed by atoms with Crippen LogP contribution in [-0.4, -0.2) is 32.9 Å². The van der Waals surface area contributed by atoms with Crippen LogP contribution in [0, 0.1) is 5.92 Å². The van der Waals surface area contributed by atoms with Gasteiger partial charge < -0.3 is 14.8 Å². The van der Waals surface area contributed by atoms with Crippen LogP contribution < -0.4 is 10.1 Å². The molecular formula is C14H22BrNO2. The average molecular weight is 316 g/mol. The van der Waals surface area contributed by atoms with Crippen molar-refractivity contribution in [2.45, 2.75) is 19.9 Å². The Hall–Kier alpha value is -0.580. The van der Waals surface area contributed by atoms with E-state index >= 15 is 0 Å². The molecule has 0 heterocycles. The predicted octanol–water partition coefficient (Wildman–Crippen LogP) is 3.09. The van der Waals surface area contributed by atoms with Gasteiger partial charge >= 0.3 is 0 Å². The number of hydrogen-bond donors (Lipinski definition) is 1. The maximum absolute atomic E-state index is 5.65. The summed E-state index contributed by atoms with van der Waals surface area (Å²) in [4.78, 5) is 0. The van der Waals surface area contributed by atoms with E-state index in [2.05, 4.69) is 35.1 Å². The van der Waals surface area contributed by atoms with Crippen LogP contribution in [0.5, 0.6) is 5.75 Å². The van der Waals surface area contributed by atoms with E-state index in [9.17, 15) is 0 Å². The molecule has 3 nitrogen and oxygen atoms in total. The average Bonchev–Trinajstić information content (AvgIpc) is 2.35. The summed E-state index contributed by atoms with van der Waals surface area (Å²) in [5.74, 6) is 1.45. The highest BCUT2D eigenvalue weighted by molar-refractivity contribution is 9.10. The number of benzene rings is 1. The van der Waals surface area contributed by atoms with Crippen molar-refractivity contribution < 1.29 is 9.47 Å². The van der Waals surface area contributed by atoms with Crippen molar-refractivity contribution in [3.8, 4) is 5.75 Å². The van der Waals surface area contributed by atoms with Gasteiger partial charge in [-0.15, -0.1) is 0 Å². The molecule has 1 atom stereocenters. The lowest BCUT2D eigenvalue weighted by Gasteiger charge is -2.21. The zero-order valence-electron chi connectivity index (χ0n) is 11.3. The van der Waals surface area contributed by atoms with E-state index in [4.69, 9.17) is 9.47 Å². The fourth-order valence-electron chi connectivity index (χ4n) is 1.61. The summed E-state index contributed by atoms with van der Waals surface area (Å²) >= 11 is 3.40. The van der Waals surface area contributed by atoms with Crippen LogP contribution >= 0.6 is 15.9 Å². The second kappa shape index (κ2) is 8.51. The lowest BCUT2D eigenvalue weighted by molar-refractivity contribution is 0.144. The van der Waals surface area contributed by atoms with Crippen molar-refractivity contribution in [1.82, 2.24) is 5.32 Å². The largest absolute Gasteiger partial charge is 0.492 e. The molecular weight excluding hydrogens is 294 g/mol. The van der Waals surface area contributed by atoms with Crippen molar-refractivity contribution in [3.05, 3.63) is 28.7 Å². The molecule has 0 fully saturated rings. The molecule has 0 saturated carbocycles. The Morgan fingerprint density at radius 2 is 1.89 bits per heavy atom. The third kappa shape index (κ3) is 5.85. The van der Waals surface area contributed by atoms with Gasteiger partial charge in [0.05, 0.1) is 6.61 Å². The summed E-state index contributed by atoms with van der Waals surface area (Å²) < 4.78 is 11.9. The molecule has 18 heavy (non-hydrogen) atoms. The van der Waals surface area contributed by atoms with Crippen LogP contribution in [-0.2, 0) is 4.74 Å². The van der Waals surface area contributed by atoms with E-state index in [-0.39, 0.29) is 0 Å². The molecule has 0 aliphatic heterocycles. The zero-order valence-corrected chi connectivity index (χ0v) is 12.9. The quantitative estimate of drug-likeness (QED) is 0.748. The van der Waals surface area contributed by atoms with Gasteiger partial charge in [0, 0.05) is 24.2 Å². The third-order valence-corrected chi connectivity index (χ3v) is 3.27. The molecule has 0 saturated heterocycles. The molecule has 1 aromatic rings. The maximum atomic E-state index is 5.65. The number of hydrogen-bond acceptors (Lipinski definition) is 3. The molecule has 0 bridgehead atoms. The van der Waals surface area contributed by atoms with Gasteiger partial charge in [0.25, 0.3) is 0 Å². The number of methoxy groups -OCH3 is 1. The Balaban J connectivity index is 2.23. The number of ether oxygens (including phenoxy) is 2. The lowest BCUT2D eigenvalue weighted by atomic mass is 10.1. The van der Waals surface area contributed by atoms with Crippen molar-refractivity contribution in [3.63, 3.8) is 0 Å². The molecule has 0 aliphatic rings. The van der Waals surface area contributed by atoms with Crippen LogP contribution in [0.1, 0.15) is 13.8 Å². The highest BCUT2D eigenvalue weighted by Gasteiger charge is 2.11. The first-order valence-electron chi connectivity index (χ1n) is 6.24. The molecule has 1 rings (SSSR count). The van der Waals surface area contributed by atoms with E-state index in [1.807, 2.05) is 24.3 Å². The predicted molar refractivity (Wildman–Crippen MR) is 78.1 cm³/mol. The Morgan fingerprint density at radius 1 is 1.22 bits per heavy atom. The number of nitrogens with one attached hydrogen (secondary N) is 1. The molecule has 0 aromatic heterocycles. The summed E-state index contributed by atoms with van der Waals surface area (Å²) in [6.45, 7) is 6.59. The molecule has 0 spiro atoms. The highest BCUT2D eigenvalue weighted by atomic mass is 79.9. The topological polar surface area (TPSA) is 30.5 Å². The highest BCUT2D eigenvalue weighted by Crippen LogP contribution is 2.15. The molecule has 0 aliphatic carbocycles. The Morgan fingerprint density at radius 3 is 2.44 bits per heavy atom. The van der Waals surface area contributed by atoms with Crippen LogP contribution in [0.3, 0.4) is 0 Å². The van der Waals surface area contributed by atoms with Crippen LogP contribution in [0.2, 0.25) is 0 Å². The van der Waals surface area contributed by atoms with Crippen molar-refractivity contribution in [2.75, 3.05) is 26.9 Å². The first-order valence-corrected chi connectivity index (χ1v) is 7.03. The maximum Gasteiger partial charge on any atom is 0.119 e. The number of rotatable bonds is 8. The second-order valence-electron chi connectivity index (χ2n) is 4.56. The molecule has 1 N–H and O–H groups in total. The minimum absolute atomic E-state index is 0.378. The molecule has 102 valence electrons. The Labute approximate surface area is 118 Å². The van der Waals surface area contributed by atoms with E-state index in [0.717, 1.165) is 23.4 Å². The molecule has 0 amide bonds. The van der Waals surface area contributed by atoms with Gasteiger partial charge in [-0.2, -0.15) is 0 Å². The summed E-state index contributed by atoms with van der Waals surface area (Å²) in [6, 6.07) is 8.25. The van der Waals surface area contributed by atoms with Crippen LogP contribution in [0.4, 0.5) is 0 Å². The van der Waals surface area contributed by atoms with Gasteiger partial charge in [-0.05, 0) is 30.2 Å². The van der Waals surface area contributed by atoms with Crippen molar-refractivity contribution >= 4 is 15.9 Å². The summed E-state index contributed by atoms with van der Waals surface area (Å²) in [5.41, 5.74) is 0. The van der Waals surface area contributed by atoms with Gasteiger partial charge in [0.1, 0.15) is 12.4 Å². The van der Waals surface area contributed by atoms with Crippen LogP contribution in [0.25, 0.3) is 0 Å². The van der Waals surface area contributed by atoms with E-state index in [1.165, 1.54) is 0 Å². The first kappa shape index (κ1) is 15.5. The molecule has 4 heteroatoms. The summed E-state index contributed by atoms with van der Waals surface area (Å²) in [5, 5.41) is 3.44. The lowest BCUT2D eigenvalue weighted by Crippen LogP contribution is -2.39. The van der Waals surface area contributed by atoms with E-state index < -0.39 is 0 Å². The normalized spacial score (nSPS) is 12.7. The fraction of sp³-hybridized carbons (Fsp3) is 0.571. The van der Waals surface area contributed by atoms with Gasteiger partial charge in [0.2, 0.25) is 0 Å². The van der Waals surface area contributed by atoms with Crippen molar-refractivity contribution in [1.29, 1.82) is 0 Å². The van der Waals surface area contributed by atoms with Gasteiger partial charge in [-0.3, -0.25) is 0 Å². The molecule has 1 aromatic carbocycles. The Kier molecular flexibility index (Phi) is 7.32. The van der Waals surface area contributed by atoms with Gasteiger partial charge in [-0.1, -0.05) is 29.8 Å². The smallest absolute Gasteiger partial charge is 0.119 e. The van der Waals surface area contributed by atoms with E-state index in [0.29, 0.717) is 18.6 Å². The monoisotopic (exact) mass is 315 g/mol. The molecule has 0 radical (unpaired) electrons. The third-order valence-electron chi connectivity index (χ3n) is 2.74. The van der Waals surface area contributed by atoms with Gasteiger partial charge in [-0.25, -0.2) is 0 Å². The standard InChI is InChI=1S/C14H22BrNO2/c1-11(2)14(10-17-3)16-8-9-18-13-6-4-12(15)5-7-13/h4-7,11,14,16H,8-10H2,1-3H3. The van der Waals surface area contributed by atoms with Gasteiger partial charge in [0.15, 0.2) is 0 Å². The van der Waals surface area contributed by atoms with E-state index in [1.54, 1.807) is 7.11 Å². The minimum Gasteiger partial charge on any atom is -0.492 e. The fourth-order valence-corrected chi connectivity index (χ4v) is 1.87. The number of halogens is 1. The molecule has 1 unspecified atom stereocenters. The summed E-state index contributed by atoms with van der Waals surface area (Å²) in [6.07, 6.45) is 0. The minimum atomic E-state index is 0.378. The second-order valence-corrected chi connectivity index (χ2v) is 5.48. The Bertz CT molecular complexity index is 327. The van der Waals surface area contributed by atoms with Crippen molar-refractivity contribution in [2.24, 2.45) is 5.92 Å².